The van der Waals surface area contributed by atoms with Gasteiger partial charge >= 0.3 is 0 Å². The van der Waals surface area contributed by atoms with Crippen LogP contribution < -0.4 is 4.74 Å². The van der Waals surface area contributed by atoms with E-state index in [-0.39, 0.29) is 10.6 Å². The standard InChI is InChI=1S/C8H5ClFNO3S/c1-14-7-3-6(15(9,12)13)2-5(4-11)8(7)10/h2-3H,1H3. The smallest absolute Gasteiger partial charge is 0.261 e. The topological polar surface area (TPSA) is 67.2 Å². The Kier molecular flexibility index (Phi) is 3.17. The van der Waals surface area contributed by atoms with Crippen LogP contribution in [0.3, 0.4) is 0 Å². The number of methoxy groups -OCH3 is 1. The molecule has 0 heterocycles. The Morgan fingerprint density at radius 3 is 2.53 bits per heavy atom. The lowest BCUT2D eigenvalue weighted by Crippen LogP contribution is -1.97. The second-order valence-corrected chi connectivity index (χ2v) is 5.10. The predicted octanol–water partition coefficient (Wildman–Crippen LogP) is 1.63. The third-order valence-corrected chi connectivity index (χ3v) is 2.97. The second kappa shape index (κ2) is 4.04. The lowest BCUT2D eigenvalue weighted by Gasteiger charge is -2.04. The van der Waals surface area contributed by atoms with Gasteiger partial charge in [-0.15, -0.1) is 0 Å². The molecule has 15 heavy (non-hydrogen) atoms. The van der Waals surface area contributed by atoms with Crippen LogP contribution in [0.15, 0.2) is 17.0 Å². The van der Waals surface area contributed by atoms with Gasteiger partial charge in [0.25, 0.3) is 9.05 Å². The number of nitrogens with zero attached hydrogens (tertiary/aromatic N) is 1. The van der Waals surface area contributed by atoms with E-state index < -0.39 is 20.4 Å². The maximum atomic E-state index is 13.3. The van der Waals surface area contributed by atoms with Gasteiger partial charge in [-0.05, 0) is 6.07 Å². The Bertz CT molecular complexity index is 536. The van der Waals surface area contributed by atoms with Crippen molar-refractivity contribution in [3.8, 4) is 11.8 Å². The van der Waals surface area contributed by atoms with Crippen molar-refractivity contribution in [2.75, 3.05) is 7.11 Å². The number of hydrogen-bond donors (Lipinski definition) is 0. The van der Waals surface area contributed by atoms with Crippen molar-refractivity contribution >= 4 is 19.7 Å². The Hall–Kier alpha value is -1.32. The van der Waals surface area contributed by atoms with Crippen molar-refractivity contribution in [1.29, 1.82) is 5.26 Å². The molecule has 0 aliphatic rings. The summed E-state index contributed by atoms with van der Waals surface area (Å²) in [5.74, 6) is -1.25. The molecule has 1 aromatic rings. The van der Waals surface area contributed by atoms with Crippen LogP contribution in [0.5, 0.6) is 5.75 Å². The summed E-state index contributed by atoms with van der Waals surface area (Å²) >= 11 is 0. The first-order chi connectivity index (χ1) is 6.90. The van der Waals surface area contributed by atoms with Gasteiger partial charge in [0.2, 0.25) is 0 Å². The third kappa shape index (κ3) is 2.37. The Morgan fingerprint density at radius 1 is 1.53 bits per heavy atom. The van der Waals surface area contributed by atoms with Gasteiger partial charge in [-0.3, -0.25) is 0 Å². The second-order valence-electron chi connectivity index (χ2n) is 2.54. The van der Waals surface area contributed by atoms with Crippen LogP contribution in [0, 0.1) is 17.1 Å². The summed E-state index contributed by atoms with van der Waals surface area (Å²) in [7, 11) is 2.20. The molecule has 0 bridgehead atoms. The lowest BCUT2D eigenvalue weighted by molar-refractivity contribution is 0.384. The van der Waals surface area contributed by atoms with Crippen LogP contribution in [0.1, 0.15) is 5.56 Å². The molecule has 0 atom stereocenters. The van der Waals surface area contributed by atoms with Crippen molar-refractivity contribution in [1.82, 2.24) is 0 Å². The molecule has 4 nitrogen and oxygen atoms in total. The summed E-state index contributed by atoms with van der Waals surface area (Å²) in [5, 5.41) is 8.55. The fourth-order valence-electron chi connectivity index (χ4n) is 0.943. The van der Waals surface area contributed by atoms with Crippen LogP contribution in [0.25, 0.3) is 0 Å². The lowest BCUT2D eigenvalue weighted by atomic mass is 10.2. The van der Waals surface area contributed by atoms with Crippen LogP contribution in [-0.2, 0) is 9.05 Å². The molecule has 0 saturated heterocycles. The fraction of sp³-hybridized carbons (Fsp3) is 0.125. The van der Waals surface area contributed by atoms with E-state index in [1.807, 2.05) is 0 Å². The Morgan fingerprint density at radius 2 is 2.13 bits per heavy atom. The molecule has 0 fully saturated rings. The molecule has 0 N–H and O–H groups in total. The molecule has 80 valence electrons. The average molecular weight is 250 g/mol. The minimum atomic E-state index is -4.01. The number of rotatable bonds is 2. The average Bonchev–Trinajstić information content (AvgIpc) is 2.16. The maximum Gasteiger partial charge on any atom is 0.261 e. The minimum absolute atomic E-state index is 0.340. The quantitative estimate of drug-likeness (QED) is 0.747. The normalized spacial score (nSPS) is 10.8. The largest absolute Gasteiger partial charge is 0.494 e. The zero-order valence-corrected chi connectivity index (χ0v) is 9.06. The molecule has 0 amide bonds. The number of nitriles is 1. The summed E-state index contributed by atoms with van der Waals surface area (Å²) in [6, 6.07) is 3.27. The molecule has 0 aromatic heterocycles. The van der Waals surface area contributed by atoms with E-state index in [1.54, 1.807) is 0 Å². The van der Waals surface area contributed by atoms with Gasteiger partial charge in [0.15, 0.2) is 11.6 Å². The van der Waals surface area contributed by atoms with E-state index in [2.05, 4.69) is 4.74 Å². The highest BCUT2D eigenvalue weighted by molar-refractivity contribution is 8.13. The summed E-state index contributed by atoms with van der Waals surface area (Å²) in [4.78, 5) is -0.376. The SMILES string of the molecule is COc1cc(S(=O)(=O)Cl)cc(C#N)c1F. The summed E-state index contributed by atoms with van der Waals surface area (Å²) in [6.45, 7) is 0. The van der Waals surface area contributed by atoms with E-state index in [4.69, 9.17) is 15.9 Å². The Labute approximate surface area is 90.3 Å². The first-order valence-electron chi connectivity index (χ1n) is 3.62. The van der Waals surface area contributed by atoms with Crippen molar-refractivity contribution < 1.29 is 17.5 Å². The van der Waals surface area contributed by atoms with Gasteiger partial charge in [-0.2, -0.15) is 5.26 Å². The molecule has 0 aliphatic carbocycles. The van der Waals surface area contributed by atoms with Crippen LogP contribution >= 0.6 is 10.7 Å². The summed E-state index contributed by atoms with van der Waals surface area (Å²) < 4.78 is 39.7. The van der Waals surface area contributed by atoms with Gasteiger partial charge in [-0.25, -0.2) is 12.8 Å². The third-order valence-electron chi connectivity index (χ3n) is 1.63. The number of benzene rings is 1. The molecule has 0 spiro atoms. The molecule has 0 saturated carbocycles. The van der Waals surface area contributed by atoms with Gasteiger partial charge in [-0.1, -0.05) is 0 Å². The van der Waals surface area contributed by atoms with Gasteiger partial charge in [0.05, 0.1) is 17.6 Å². The zero-order chi connectivity index (χ0) is 11.6. The summed E-state index contributed by atoms with van der Waals surface area (Å²) in [6.07, 6.45) is 0. The minimum Gasteiger partial charge on any atom is -0.494 e. The highest BCUT2D eigenvalue weighted by Crippen LogP contribution is 2.26. The van der Waals surface area contributed by atoms with Crippen LogP contribution in [-0.4, -0.2) is 15.5 Å². The molecule has 0 unspecified atom stereocenters. The zero-order valence-electron chi connectivity index (χ0n) is 7.49. The summed E-state index contributed by atoms with van der Waals surface area (Å²) in [5.41, 5.74) is -0.437. The Balaban J connectivity index is 3.56. The van der Waals surface area contributed by atoms with Gasteiger partial charge < -0.3 is 4.74 Å². The highest BCUT2D eigenvalue weighted by atomic mass is 35.7. The van der Waals surface area contributed by atoms with Crippen LogP contribution in [0.2, 0.25) is 0 Å². The molecule has 0 aliphatic heterocycles. The van der Waals surface area contributed by atoms with Gasteiger partial charge in [0.1, 0.15) is 6.07 Å². The monoisotopic (exact) mass is 249 g/mol. The van der Waals surface area contributed by atoms with Crippen LogP contribution in [0.4, 0.5) is 4.39 Å². The number of ether oxygens (including phenoxy) is 1. The number of hydrogen-bond acceptors (Lipinski definition) is 4. The van der Waals surface area contributed by atoms with E-state index >= 15 is 0 Å². The van der Waals surface area contributed by atoms with E-state index in [1.165, 1.54) is 6.07 Å². The molecular weight excluding hydrogens is 245 g/mol. The van der Waals surface area contributed by atoms with Gasteiger partial charge in [0, 0.05) is 16.7 Å². The highest BCUT2D eigenvalue weighted by Gasteiger charge is 2.17. The predicted molar refractivity (Wildman–Crippen MR) is 50.7 cm³/mol. The first-order valence-corrected chi connectivity index (χ1v) is 5.93. The molecule has 0 radical (unpaired) electrons. The molecular formula is C8H5ClFNO3S. The molecule has 7 heteroatoms. The van der Waals surface area contributed by atoms with E-state index in [9.17, 15) is 12.8 Å². The maximum absolute atomic E-state index is 13.3. The van der Waals surface area contributed by atoms with Crippen molar-refractivity contribution in [2.45, 2.75) is 4.90 Å². The van der Waals surface area contributed by atoms with Crippen molar-refractivity contribution in [3.63, 3.8) is 0 Å². The molecule has 1 rings (SSSR count). The first kappa shape index (κ1) is 11.8. The number of halogens is 2. The van der Waals surface area contributed by atoms with Crippen molar-refractivity contribution in [3.05, 3.63) is 23.5 Å². The molecule has 1 aromatic carbocycles. The van der Waals surface area contributed by atoms with Crippen molar-refractivity contribution in [2.24, 2.45) is 0 Å². The van der Waals surface area contributed by atoms with E-state index in [0.29, 0.717) is 0 Å². The fourth-order valence-corrected chi connectivity index (χ4v) is 1.72. The van der Waals surface area contributed by atoms with E-state index in [0.717, 1.165) is 19.2 Å².